The van der Waals surface area contributed by atoms with Crippen LogP contribution in [0.2, 0.25) is 0 Å². The number of ether oxygens (including phenoxy) is 1. The largest absolute Gasteiger partial charge is 0.375 e. The van der Waals surface area contributed by atoms with E-state index in [2.05, 4.69) is 10.4 Å². The molecule has 7 nitrogen and oxygen atoms in total. The molecule has 3 rings (SSSR count). The number of amides is 2. The molecule has 1 atom stereocenters. The van der Waals surface area contributed by atoms with Crippen LogP contribution in [0, 0.1) is 5.92 Å². The van der Waals surface area contributed by atoms with E-state index in [1.807, 2.05) is 18.0 Å². The van der Waals surface area contributed by atoms with Gasteiger partial charge in [-0.1, -0.05) is 0 Å². The molecule has 0 aliphatic carbocycles. The summed E-state index contributed by atoms with van der Waals surface area (Å²) in [5.74, 6) is 0.470. The lowest BCUT2D eigenvalue weighted by atomic mass is 9.78. The van der Waals surface area contributed by atoms with E-state index in [9.17, 15) is 9.59 Å². The van der Waals surface area contributed by atoms with Crippen molar-refractivity contribution in [3.63, 3.8) is 0 Å². The molecule has 1 spiro atoms. The van der Waals surface area contributed by atoms with E-state index < -0.39 is 0 Å². The van der Waals surface area contributed by atoms with Gasteiger partial charge in [-0.2, -0.15) is 5.10 Å². The average molecular weight is 348 g/mol. The first-order valence-corrected chi connectivity index (χ1v) is 9.22. The van der Waals surface area contributed by atoms with Crippen LogP contribution in [-0.4, -0.2) is 58.8 Å². The Morgan fingerprint density at radius 1 is 1.40 bits per heavy atom. The van der Waals surface area contributed by atoms with Crippen molar-refractivity contribution in [2.75, 3.05) is 26.7 Å². The molecule has 1 N–H and O–H groups in total. The second kappa shape index (κ2) is 7.56. The van der Waals surface area contributed by atoms with Gasteiger partial charge < -0.3 is 15.0 Å². The summed E-state index contributed by atoms with van der Waals surface area (Å²) in [6.07, 6.45) is 5.92. The van der Waals surface area contributed by atoms with Gasteiger partial charge in [0.05, 0.1) is 5.60 Å². The van der Waals surface area contributed by atoms with Gasteiger partial charge in [0.25, 0.3) is 5.91 Å². The zero-order chi connectivity index (χ0) is 17.9. The van der Waals surface area contributed by atoms with E-state index in [1.165, 1.54) is 0 Å². The number of nitrogens with one attached hydrogen (secondary N) is 1. The van der Waals surface area contributed by atoms with Crippen molar-refractivity contribution >= 4 is 11.8 Å². The summed E-state index contributed by atoms with van der Waals surface area (Å²) >= 11 is 0. The van der Waals surface area contributed by atoms with Gasteiger partial charge in [-0.25, -0.2) is 0 Å². The number of hydrogen-bond donors (Lipinski definition) is 1. The zero-order valence-corrected chi connectivity index (χ0v) is 15.2. The number of aromatic nitrogens is 2. The summed E-state index contributed by atoms with van der Waals surface area (Å²) in [4.78, 5) is 26.1. The van der Waals surface area contributed by atoms with Crippen molar-refractivity contribution < 1.29 is 14.3 Å². The van der Waals surface area contributed by atoms with Gasteiger partial charge in [0, 0.05) is 45.9 Å². The highest BCUT2D eigenvalue weighted by Gasteiger charge is 2.41. The fourth-order valence-corrected chi connectivity index (χ4v) is 3.95. The van der Waals surface area contributed by atoms with E-state index >= 15 is 0 Å². The SMILES string of the molecule is CCn1ccc(C(=O)N2CCC3(CC2)CC(CC(=O)NC)CCO3)n1. The van der Waals surface area contributed by atoms with Crippen molar-refractivity contribution in [2.45, 2.75) is 51.2 Å². The van der Waals surface area contributed by atoms with Crippen LogP contribution in [-0.2, 0) is 16.1 Å². The highest BCUT2D eigenvalue weighted by Crippen LogP contribution is 2.38. The maximum atomic E-state index is 12.6. The van der Waals surface area contributed by atoms with Gasteiger partial charge in [0.15, 0.2) is 0 Å². The molecule has 7 heteroatoms. The number of carbonyl (C=O) groups excluding carboxylic acids is 2. The summed E-state index contributed by atoms with van der Waals surface area (Å²) < 4.78 is 7.89. The Hall–Kier alpha value is -1.89. The van der Waals surface area contributed by atoms with Crippen LogP contribution in [0.4, 0.5) is 0 Å². The van der Waals surface area contributed by atoms with Crippen LogP contribution >= 0.6 is 0 Å². The third kappa shape index (κ3) is 4.03. The molecule has 1 aromatic rings. The fraction of sp³-hybridized carbons (Fsp3) is 0.722. The Morgan fingerprint density at radius 3 is 2.80 bits per heavy atom. The molecule has 2 saturated heterocycles. The van der Waals surface area contributed by atoms with E-state index in [-0.39, 0.29) is 17.4 Å². The Balaban J connectivity index is 1.57. The quantitative estimate of drug-likeness (QED) is 0.893. The molecule has 1 aromatic heterocycles. The molecule has 2 aliphatic heterocycles. The third-order valence-electron chi connectivity index (χ3n) is 5.49. The monoisotopic (exact) mass is 348 g/mol. The first-order chi connectivity index (χ1) is 12.0. The first-order valence-electron chi connectivity index (χ1n) is 9.22. The Bertz CT molecular complexity index is 620. The predicted molar refractivity (Wildman–Crippen MR) is 93.1 cm³/mol. The number of aryl methyl sites for hydroxylation is 1. The second-order valence-corrected chi connectivity index (χ2v) is 7.12. The van der Waals surface area contributed by atoms with Gasteiger partial charge in [-0.15, -0.1) is 0 Å². The average Bonchev–Trinajstić information content (AvgIpc) is 3.11. The standard InChI is InChI=1S/C18H28N4O3/c1-3-22-8-4-15(20-22)17(24)21-9-6-18(7-10-21)13-14(5-11-25-18)12-16(23)19-2/h4,8,14H,3,5-7,9-13H2,1-2H3,(H,19,23). The summed E-state index contributed by atoms with van der Waals surface area (Å²) in [7, 11) is 1.68. The van der Waals surface area contributed by atoms with E-state index in [1.54, 1.807) is 17.8 Å². The maximum absolute atomic E-state index is 12.6. The molecule has 0 bridgehead atoms. The third-order valence-corrected chi connectivity index (χ3v) is 5.49. The van der Waals surface area contributed by atoms with Crippen molar-refractivity contribution in [3.05, 3.63) is 18.0 Å². The molecule has 0 radical (unpaired) electrons. The fourth-order valence-electron chi connectivity index (χ4n) is 3.95. The van der Waals surface area contributed by atoms with Crippen LogP contribution in [0.3, 0.4) is 0 Å². The summed E-state index contributed by atoms with van der Waals surface area (Å²) in [5, 5.41) is 7.02. The number of likely N-dealkylation sites (tertiary alicyclic amines) is 1. The lowest BCUT2D eigenvalue weighted by molar-refractivity contribution is -0.133. The number of piperidine rings is 1. The van der Waals surface area contributed by atoms with E-state index in [4.69, 9.17) is 4.74 Å². The van der Waals surface area contributed by atoms with Crippen molar-refractivity contribution in [1.82, 2.24) is 20.0 Å². The smallest absolute Gasteiger partial charge is 0.274 e. The second-order valence-electron chi connectivity index (χ2n) is 7.12. The first kappa shape index (κ1) is 17.9. The lowest BCUT2D eigenvalue weighted by Gasteiger charge is -2.46. The van der Waals surface area contributed by atoms with Gasteiger partial charge in [0.2, 0.25) is 5.91 Å². The number of rotatable bonds is 4. The molecule has 138 valence electrons. The maximum Gasteiger partial charge on any atom is 0.274 e. The predicted octanol–water partition coefficient (Wildman–Crippen LogP) is 1.44. The van der Waals surface area contributed by atoms with Crippen LogP contribution in [0.25, 0.3) is 0 Å². The molecule has 2 amide bonds. The zero-order valence-electron chi connectivity index (χ0n) is 15.2. The number of carbonyl (C=O) groups is 2. The summed E-state index contributed by atoms with van der Waals surface area (Å²) in [6, 6.07) is 1.78. The summed E-state index contributed by atoms with van der Waals surface area (Å²) in [5.41, 5.74) is 0.344. The Morgan fingerprint density at radius 2 is 2.16 bits per heavy atom. The Labute approximate surface area is 148 Å². The van der Waals surface area contributed by atoms with Crippen LogP contribution in [0.5, 0.6) is 0 Å². The highest BCUT2D eigenvalue weighted by atomic mass is 16.5. The van der Waals surface area contributed by atoms with Crippen molar-refractivity contribution in [3.8, 4) is 0 Å². The minimum atomic E-state index is -0.170. The minimum Gasteiger partial charge on any atom is -0.375 e. The molecular formula is C18H28N4O3. The molecule has 25 heavy (non-hydrogen) atoms. The van der Waals surface area contributed by atoms with E-state index in [0.29, 0.717) is 37.7 Å². The number of hydrogen-bond acceptors (Lipinski definition) is 4. The molecule has 1 unspecified atom stereocenters. The van der Waals surface area contributed by atoms with Crippen LogP contribution in [0.1, 0.15) is 49.5 Å². The number of nitrogens with zero attached hydrogens (tertiary/aromatic N) is 3. The lowest BCUT2D eigenvalue weighted by Crippen LogP contribution is -2.51. The molecule has 0 saturated carbocycles. The topological polar surface area (TPSA) is 76.5 Å². The minimum absolute atomic E-state index is 0.000213. The van der Waals surface area contributed by atoms with Crippen LogP contribution in [0.15, 0.2) is 12.3 Å². The van der Waals surface area contributed by atoms with E-state index in [0.717, 1.165) is 32.2 Å². The van der Waals surface area contributed by atoms with Gasteiger partial charge >= 0.3 is 0 Å². The molecule has 3 heterocycles. The van der Waals surface area contributed by atoms with Crippen molar-refractivity contribution in [1.29, 1.82) is 0 Å². The normalized spacial score (nSPS) is 22.8. The molecule has 2 aliphatic rings. The highest BCUT2D eigenvalue weighted by molar-refractivity contribution is 5.92. The van der Waals surface area contributed by atoms with Gasteiger partial charge in [-0.3, -0.25) is 14.3 Å². The van der Waals surface area contributed by atoms with Crippen LogP contribution < -0.4 is 5.32 Å². The van der Waals surface area contributed by atoms with Gasteiger partial charge in [0.1, 0.15) is 5.69 Å². The Kier molecular flexibility index (Phi) is 5.42. The molecule has 2 fully saturated rings. The molecular weight excluding hydrogens is 320 g/mol. The van der Waals surface area contributed by atoms with Crippen molar-refractivity contribution in [2.24, 2.45) is 5.92 Å². The summed E-state index contributed by atoms with van der Waals surface area (Å²) in [6.45, 7) is 4.84. The van der Waals surface area contributed by atoms with Gasteiger partial charge in [-0.05, 0) is 44.6 Å². The molecule has 0 aromatic carbocycles.